The van der Waals surface area contributed by atoms with Crippen LogP contribution in [0.2, 0.25) is 0 Å². The molecule has 0 bridgehead atoms. The molecule has 0 saturated heterocycles. The van der Waals surface area contributed by atoms with Crippen LogP contribution in [0.5, 0.6) is 0 Å². The van der Waals surface area contributed by atoms with Gasteiger partial charge in [0, 0.05) is 12.5 Å². The highest BCUT2D eigenvalue weighted by molar-refractivity contribution is 6.08. The number of amides is 4. The van der Waals surface area contributed by atoms with E-state index >= 15 is 0 Å². The average molecular weight is 530 g/mol. The minimum Gasteiger partial charge on any atom is -0.381 e. The lowest BCUT2D eigenvalue weighted by atomic mass is 9.91. The van der Waals surface area contributed by atoms with Crippen LogP contribution in [-0.4, -0.2) is 46.9 Å². The van der Waals surface area contributed by atoms with Gasteiger partial charge < -0.3 is 26.8 Å². The normalized spacial score (nSPS) is 13.8. The van der Waals surface area contributed by atoms with Crippen LogP contribution in [-0.2, 0) is 32.1 Å². The van der Waals surface area contributed by atoms with E-state index in [1.807, 2.05) is 78.9 Å². The maximum atomic E-state index is 13.6. The maximum Gasteiger partial charge on any atom is 0.251 e. The Hall–Kier alpha value is -4.50. The van der Waals surface area contributed by atoms with Gasteiger partial charge in [-0.3, -0.25) is 19.2 Å². The Kier molecular flexibility index (Phi) is 10.8. The van der Waals surface area contributed by atoms with E-state index in [0.717, 1.165) is 16.7 Å². The summed E-state index contributed by atoms with van der Waals surface area (Å²) in [5, 5.41) is 19.0. The average Bonchev–Trinajstić information content (AvgIpc) is 2.94. The Bertz CT molecular complexity index is 1240. The molecule has 3 aromatic carbocycles. The molecule has 9 nitrogen and oxygen atoms in total. The van der Waals surface area contributed by atoms with Gasteiger partial charge >= 0.3 is 0 Å². The quantitative estimate of drug-likeness (QED) is 0.212. The number of rotatable bonds is 13. The van der Waals surface area contributed by atoms with E-state index < -0.39 is 47.7 Å². The second kappa shape index (κ2) is 14.4. The third-order valence-corrected chi connectivity index (χ3v) is 6.26. The maximum absolute atomic E-state index is 13.6. The Balaban J connectivity index is 1.82. The van der Waals surface area contributed by atoms with Crippen LogP contribution < -0.4 is 21.7 Å². The number of carbonyl (C=O) groups excluding carboxylic acids is 4. The Morgan fingerprint density at radius 3 is 1.90 bits per heavy atom. The van der Waals surface area contributed by atoms with Crippen LogP contribution in [0, 0.1) is 6.42 Å². The molecular weight excluding hydrogens is 496 g/mol. The monoisotopic (exact) mass is 529 g/mol. The van der Waals surface area contributed by atoms with Gasteiger partial charge in [0.1, 0.15) is 12.5 Å². The fourth-order valence-electron chi connectivity index (χ4n) is 4.15. The largest absolute Gasteiger partial charge is 0.381 e. The molecule has 3 aromatic rings. The van der Waals surface area contributed by atoms with Gasteiger partial charge in [-0.25, -0.2) is 0 Å². The van der Waals surface area contributed by atoms with Crippen molar-refractivity contribution in [2.24, 2.45) is 5.73 Å². The zero-order chi connectivity index (χ0) is 28.2. The van der Waals surface area contributed by atoms with Crippen molar-refractivity contribution in [2.75, 3.05) is 0 Å². The van der Waals surface area contributed by atoms with Gasteiger partial charge in [-0.1, -0.05) is 97.9 Å². The zero-order valence-corrected chi connectivity index (χ0v) is 21.6. The van der Waals surface area contributed by atoms with Gasteiger partial charge in [-0.2, -0.15) is 0 Å². The number of nitrogens with two attached hydrogens (primary N) is 1. The van der Waals surface area contributed by atoms with Crippen molar-refractivity contribution in [3.63, 3.8) is 0 Å². The minimum absolute atomic E-state index is 0.153. The standard InChI is InChI=1S/C30H33N4O5/c1-20(23-15-9-4-10-16-23)27(34-26(36)18-25(31)35)29(38)33-24(17-21-11-5-2-6-12-21)28(37)30(39)32-19-22-13-7-3-8-14-22/h2-16,18,20,24,27-28,37H,17,19H2,1H3,(H2,31,35)(H,32,39)(H,33,38)(H,34,36)/t20?,24-,27-,28-/m0/s1. The number of aliphatic hydroxyl groups is 1. The van der Waals surface area contributed by atoms with E-state index in [9.17, 15) is 24.3 Å². The van der Waals surface area contributed by atoms with Gasteiger partial charge in [-0.15, -0.1) is 0 Å². The van der Waals surface area contributed by atoms with Gasteiger partial charge in [0.15, 0.2) is 6.10 Å². The summed E-state index contributed by atoms with van der Waals surface area (Å²) in [6.07, 6.45) is -0.774. The van der Waals surface area contributed by atoms with E-state index in [1.165, 1.54) is 0 Å². The second-order valence-electron chi connectivity index (χ2n) is 9.19. The van der Waals surface area contributed by atoms with Crippen LogP contribution in [0.15, 0.2) is 91.0 Å². The lowest BCUT2D eigenvalue weighted by molar-refractivity contribution is -0.134. The summed E-state index contributed by atoms with van der Waals surface area (Å²) in [7, 11) is 0. The van der Waals surface area contributed by atoms with Gasteiger partial charge in [0.25, 0.3) is 5.91 Å². The highest BCUT2D eigenvalue weighted by Crippen LogP contribution is 2.20. The smallest absolute Gasteiger partial charge is 0.251 e. The number of nitrogens with one attached hydrogen (secondary N) is 3. The van der Waals surface area contributed by atoms with Gasteiger partial charge in [0.2, 0.25) is 17.7 Å². The first-order valence-electron chi connectivity index (χ1n) is 12.6. The molecule has 3 rings (SSSR count). The molecule has 1 unspecified atom stereocenters. The number of hydrogen-bond donors (Lipinski definition) is 5. The molecule has 6 N–H and O–H groups in total. The van der Waals surface area contributed by atoms with E-state index in [-0.39, 0.29) is 13.0 Å². The molecule has 0 saturated carbocycles. The molecule has 0 aliphatic heterocycles. The van der Waals surface area contributed by atoms with Crippen molar-refractivity contribution < 1.29 is 24.3 Å². The topological polar surface area (TPSA) is 151 Å². The first-order valence-corrected chi connectivity index (χ1v) is 12.6. The molecular formula is C30H33N4O5. The van der Waals surface area contributed by atoms with Crippen molar-refractivity contribution in [2.45, 2.75) is 44.0 Å². The summed E-state index contributed by atoms with van der Waals surface area (Å²) >= 11 is 0. The molecule has 0 heterocycles. The molecule has 0 aromatic heterocycles. The van der Waals surface area contributed by atoms with Crippen molar-refractivity contribution in [3.05, 3.63) is 114 Å². The number of aliphatic hydroxyl groups excluding tert-OH is 1. The zero-order valence-electron chi connectivity index (χ0n) is 21.6. The van der Waals surface area contributed by atoms with Crippen LogP contribution in [0.25, 0.3) is 0 Å². The number of primary amides is 1. The van der Waals surface area contributed by atoms with E-state index in [0.29, 0.717) is 6.42 Å². The predicted octanol–water partition coefficient (Wildman–Crippen LogP) is 1.37. The summed E-state index contributed by atoms with van der Waals surface area (Å²) < 4.78 is 0. The molecule has 0 spiro atoms. The molecule has 1 radical (unpaired) electrons. The Labute approximate surface area is 227 Å². The summed E-state index contributed by atoms with van der Waals surface area (Å²) in [5.41, 5.74) is 7.51. The molecule has 4 atom stereocenters. The number of benzene rings is 3. The summed E-state index contributed by atoms with van der Waals surface area (Å²) in [5.74, 6) is -3.58. The van der Waals surface area contributed by atoms with Crippen molar-refractivity contribution in [1.29, 1.82) is 0 Å². The van der Waals surface area contributed by atoms with Crippen molar-refractivity contribution in [1.82, 2.24) is 16.0 Å². The Morgan fingerprint density at radius 2 is 1.33 bits per heavy atom. The second-order valence-corrected chi connectivity index (χ2v) is 9.19. The molecule has 4 amide bonds. The predicted molar refractivity (Wildman–Crippen MR) is 147 cm³/mol. The fraction of sp³-hybridized carbons (Fsp3) is 0.233. The summed E-state index contributed by atoms with van der Waals surface area (Å²) in [6, 6.07) is 25.2. The van der Waals surface area contributed by atoms with E-state index in [2.05, 4.69) is 16.0 Å². The van der Waals surface area contributed by atoms with Gasteiger partial charge in [0.05, 0.1) is 6.04 Å². The number of carbonyl (C=O) groups is 4. The Morgan fingerprint density at radius 1 is 0.795 bits per heavy atom. The highest BCUT2D eigenvalue weighted by atomic mass is 16.3. The molecule has 0 aliphatic carbocycles. The lowest BCUT2D eigenvalue weighted by Crippen LogP contribution is -2.57. The highest BCUT2D eigenvalue weighted by Gasteiger charge is 2.33. The third kappa shape index (κ3) is 9.08. The van der Waals surface area contributed by atoms with E-state index in [1.54, 1.807) is 19.1 Å². The van der Waals surface area contributed by atoms with E-state index in [4.69, 9.17) is 5.73 Å². The molecule has 0 aliphatic rings. The molecule has 203 valence electrons. The summed E-state index contributed by atoms with van der Waals surface area (Å²) in [4.78, 5) is 50.1. The summed E-state index contributed by atoms with van der Waals surface area (Å²) in [6.45, 7) is 1.95. The lowest BCUT2D eigenvalue weighted by Gasteiger charge is -2.29. The van der Waals surface area contributed by atoms with Crippen LogP contribution >= 0.6 is 0 Å². The first-order chi connectivity index (χ1) is 18.7. The third-order valence-electron chi connectivity index (χ3n) is 6.26. The van der Waals surface area contributed by atoms with Crippen LogP contribution in [0.3, 0.4) is 0 Å². The fourth-order valence-corrected chi connectivity index (χ4v) is 4.15. The first kappa shape index (κ1) is 29.1. The van der Waals surface area contributed by atoms with Crippen LogP contribution in [0.4, 0.5) is 0 Å². The molecule has 0 fully saturated rings. The van der Waals surface area contributed by atoms with Crippen molar-refractivity contribution in [3.8, 4) is 0 Å². The number of hydrogen-bond acceptors (Lipinski definition) is 5. The van der Waals surface area contributed by atoms with Gasteiger partial charge in [-0.05, 0) is 23.1 Å². The van der Waals surface area contributed by atoms with Crippen molar-refractivity contribution >= 4 is 23.6 Å². The minimum atomic E-state index is -1.58. The molecule has 9 heteroatoms. The SMILES string of the molecule is CC(c1ccccc1)[C@H](NC(=O)[CH]C(N)=O)C(=O)N[C@@H](Cc1ccccc1)[C@H](O)C(=O)NCc1ccccc1. The molecule has 39 heavy (non-hydrogen) atoms. The van der Waals surface area contributed by atoms with Crippen LogP contribution in [0.1, 0.15) is 29.5 Å².